The molecule has 0 atom stereocenters. The fourth-order valence-corrected chi connectivity index (χ4v) is 2.27. The van der Waals surface area contributed by atoms with Gasteiger partial charge in [-0.05, 0) is 52.9 Å². The summed E-state index contributed by atoms with van der Waals surface area (Å²) in [4.78, 5) is 12.2. The topological polar surface area (TPSA) is 67.8 Å². The number of carbonyl (C=O) groups is 1. The van der Waals surface area contributed by atoms with E-state index in [1.807, 2.05) is 0 Å². The van der Waals surface area contributed by atoms with E-state index in [2.05, 4.69) is 27.9 Å². The van der Waals surface area contributed by atoms with Crippen LogP contribution in [0.1, 0.15) is 10.4 Å². The van der Waals surface area contributed by atoms with Gasteiger partial charge in [0.2, 0.25) is 0 Å². The van der Waals surface area contributed by atoms with Gasteiger partial charge in [-0.2, -0.15) is 0 Å². The van der Waals surface area contributed by atoms with Crippen LogP contribution in [0, 0.1) is 3.57 Å². The number of rotatable bonds is 4. The predicted molar refractivity (Wildman–Crippen MR) is 88.3 cm³/mol. The molecule has 0 aliphatic rings. The molecule has 0 aliphatic heterocycles. The lowest BCUT2D eigenvalue weighted by Crippen LogP contribution is -2.13. The van der Waals surface area contributed by atoms with Crippen molar-refractivity contribution in [1.82, 2.24) is 0 Å². The van der Waals surface area contributed by atoms with Crippen molar-refractivity contribution in [3.63, 3.8) is 0 Å². The molecule has 0 saturated carbocycles. The highest BCUT2D eigenvalue weighted by atomic mass is 127. The van der Waals surface area contributed by atoms with E-state index in [9.17, 15) is 9.90 Å². The Balaban J connectivity index is 2.29. The van der Waals surface area contributed by atoms with Crippen LogP contribution in [0.5, 0.6) is 17.2 Å². The number of aromatic hydroxyl groups is 1. The Morgan fingerprint density at radius 2 is 1.90 bits per heavy atom. The molecule has 5 nitrogen and oxygen atoms in total. The van der Waals surface area contributed by atoms with Crippen LogP contribution in [-0.2, 0) is 0 Å². The maximum atomic E-state index is 12.2. The van der Waals surface area contributed by atoms with Crippen molar-refractivity contribution in [3.05, 3.63) is 45.5 Å². The van der Waals surface area contributed by atoms with Crippen LogP contribution in [0.25, 0.3) is 0 Å². The van der Waals surface area contributed by atoms with Gasteiger partial charge in [-0.25, -0.2) is 0 Å². The number of anilines is 1. The molecular weight excluding hydrogens is 385 g/mol. The first-order valence-corrected chi connectivity index (χ1v) is 7.15. The minimum atomic E-state index is -0.408. The molecule has 0 unspecified atom stereocenters. The zero-order chi connectivity index (χ0) is 15.4. The van der Waals surface area contributed by atoms with Crippen LogP contribution >= 0.6 is 22.6 Å². The number of benzene rings is 2. The first kappa shape index (κ1) is 15.4. The van der Waals surface area contributed by atoms with Gasteiger partial charge in [-0.1, -0.05) is 0 Å². The number of amides is 1. The van der Waals surface area contributed by atoms with Crippen molar-refractivity contribution in [2.24, 2.45) is 0 Å². The highest BCUT2D eigenvalue weighted by molar-refractivity contribution is 14.1. The summed E-state index contributed by atoms with van der Waals surface area (Å²) in [6.07, 6.45) is 0. The van der Waals surface area contributed by atoms with Crippen LogP contribution in [0.15, 0.2) is 36.4 Å². The summed E-state index contributed by atoms with van der Waals surface area (Å²) in [5.74, 6) is 0.629. The number of hydrogen-bond donors (Lipinski definition) is 2. The number of phenols is 1. The molecule has 0 fully saturated rings. The normalized spacial score (nSPS) is 10.0. The largest absolute Gasteiger partial charge is 0.507 e. The number of hydrogen-bond acceptors (Lipinski definition) is 4. The van der Waals surface area contributed by atoms with E-state index >= 15 is 0 Å². The van der Waals surface area contributed by atoms with Crippen LogP contribution in [-0.4, -0.2) is 25.2 Å². The van der Waals surface area contributed by atoms with E-state index in [1.54, 1.807) is 37.4 Å². The maximum absolute atomic E-state index is 12.2. The van der Waals surface area contributed by atoms with Gasteiger partial charge < -0.3 is 19.9 Å². The Labute approximate surface area is 136 Å². The molecule has 0 heterocycles. The van der Waals surface area contributed by atoms with Gasteiger partial charge in [0, 0.05) is 9.64 Å². The molecule has 2 N–H and O–H groups in total. The maximum Gasteiger partial charge on any atom is 0.259 e. The first-order valence-electron chi connectivity index (χ1n) is 6.07. The Bertz CT molecular complexity index is 673. The van der Waals surface area contributed by atoms with E-state index < -0.39 is 5.91 Å². The summed E-state index contributed by atoms with van der Waals surface area (Å²) in [6.45, 7) is 0. The predicted octanol–water partition coefficient (Wildman–Crippen LogP) is 3.27. The van der Waals surface area contributed by atoms with Gasteiger partial charge in [0.25, 0.3) is 5.91 Å². The van der Waals surface area contributed by atoms with E-state index in [1.165, 1.54) is 13.2 Å². The average Bonchev–Trinajstić information content (AvgIpc) is 2.49. The molecule has 0 bridgehead atoms. The van der Waals surface area contributed by atoms with Gasteiger partial charge >= 0.3 is 0 Å². The standard InChI is InChI=1S/C15H14INO4/c1-20-10-4-5-12(14(8-10)21-2)17-15(19)11-7-9(16)3-6-13(11)18/h3-8,18H,1-2H3,(H,17,19). The second kappa shape index (κ2) is 6.66. The molecule has 21 heavy (non-hydrogen) atoms. The fraction of sp³-hybridized carbons (Fsp3) is 0.133. The summed E-state index contributed by atoms with van der Waals surface area (Å²) in [6, 6.07) is 9.89. The zero-order valence-corrected chi connectivity index (χ0v) is 13.7. The summed E-state index contributed by atoms with van der Waals surface area (Å²) >= 11 is 2.08. The minimum absolute atomic E-state index is 0.0691. The second-order valence-electron chi connectivity index (χ2n) is 4.18. The molecule has 6 heteroatoms. The van der Waals surface area contributed by atoms with Gasteiger partial charge in [0.15, 0.2) is 0 Å². The minimum Gasteiger partial charge on any atom is -0.507 e. The number of phenolic OH excluding ortho intramolecular Hbond substituents is 1. The number of ether oxygens (including phenoxy) is 2. The lowest BCUT2D eigenvalue weighted by Gasteiger charge is -2.12. The molecule has 110 valence electrons. The Morgan fingerprint density at radius 3 is 2.57 bits per heavy atom. The summed E-state index contributed by atoms with van der Waals surface area (Å²) in [7, 11) is 3.06. The van der Waals surface area contributed by atoms with Gasteiger partial charge in [-0.15, -0.1) is 0 Å². The van der Waals surface area contributed by atoms with Gasteiger partial charge in [0.05, 0.1) is 25.5 Å². The van der Waals surface area contributed by atoms with E-state index in [-0.39, 0.29) is 11.3 Å². The number of methoxy groups -OCH3 is 2. The molecule has 0 saturated heterocycles. The first-order chi connectivity index (χ1) is 10.0. The molecular formula is C15H14INO4. The second-order valence-corrected chi connectivity index (χ2v) is 5.43. The third kappa shape index (κ3) is 3.57. The summed E-state index contributed by atoms with van der Waals surface area (Å²) in [5.41, 5.74) is 0.710. The SMILES string of the molecule is COc1ccc(NC(=O)c2cc(I)ccc2O)c(OC)c1. The molecule has 2 aromatic rings. The van der Waals surface area contributed by atoms with Crippen molar-refractivity contribution in [1.29, 1.82) is 0 Å². The zero-order valence-electron chi connectivity index (χ0n) is 11.5. The lowest BCUT2D eigenvalue weighted by molar-refractivity contribution is 0.102. The van der Waals surface area contributed by atoms with E-state index in [4.69, 9.17) is 9.47 Å². The van der Waals surface area contributed by atoms with Gasteiger partial charge in [0.1, 0.15) is 17.2 Å². The van der Waals surface area contributed by atoms with Crippen molar-refractivity contribution >= 4 is 34.2 Å². The third-order valence-electron chi connectivity index (χ3n) is 2.86. The smallest absolute Gasteiger partial charge is 0.259 e. The van der Waals surface area contributed by atoms with Crippen molar-refractivity contribution in [3.8, 4) is 17.2 Å². The van der Waals surface area contributed by atoms with E-state index in [0.717, 1.165) is 3.57 Å². The Morgan fingerprint density at radius 1 is 1.14 bits per heavy atom. The molecule has 2 aromatic carbocycles. The number of carbonyl (C=O) groups excluding carboxylic acids is 1. The van der Waals surface area contributed by atoms with Gasteiger partial charge in [-0.3, -0.25) is 4.79 Å². The number of nitrogens with one attached hydrogen (secondary N) is 1. The summed E-state index contributed by atoms with van der Waals surface area (Å²) < 4.78 is 11.2. The molecule has 1 amide bonds. The molecule has 2 rings (SSSR count). The molecule has 0 aliphatic carbocycles. The van der Waals surface area contributed by atoms with E-state index in [0.29, 0.717) is 17.2 Å². The van der Waals surface area contributed by atoms with Crippen LogP contribution in [0.3, 0.4) is 0 Å². The van der Waals surface area contributed by atoms with Crippen molar-refractivity contribution < 1.29 is 19.4 Å². The number of halogens is 1. The van der Waals surface area contributed by atoms with Crippen molar-refractivity contribution in [2.75, 3.05) is 19.5 Å². The molecule has 0 aromatic heterocycles. The Kier molecular flexibility index (Phi) is 4.89. The highest BCUT2D eigenvalue weighted by Gasteiger charge is 2.14. The molecule has 0 radical (unpaired) electrons. The van der Waals surface area contributed by atoms with Crippen molar-refractivity contribution in [2.45, 2.75) is 0 Å². The average molecular weight is 399 g/mol. The van der Waals surface area contributed by atoms with Crippen LogP contribution < -0.4 is 14.8 Å². The fourth-order valence-electron chi connectivity index (χ4n) is 1.78. The lowest BCUT2D eigenvalue weighted by atomic mass is 10.2. The highest BCUT2D eigenvalue weighted by Crippen LogP contribution is 2.30. The quantitative estimate of drug-likeness (QED) is 0.775. The summed E-state index contributed by atoms with van der Waals surface area (Å²) in [5, 5.41) is 12.5. The van der Waals surface area contributed by atoms with Crippen LogP contribution in [0.4, 0.5) is 5.69 Å². The third-order valence-corrected chi connectivity index (χ3v) is 3.53. The Hall–Kier alpha value is -1.96. The molecule has 0 spiro atoms. The monoisotopic (exact) mass is 399 g/mol. The van der Waals surface area contributed by atoms with Crippen LogP contribution in [0.2, 0.25) is 0 Å².